The fourth-order valence-corrected chi connectivity index (χ4v) is 4.11. The van der Waals surface area contributed by atoms with Crippen molar-refractivity contribution in [2.45, 2.75) is 17.0 Å². The maximum absolute atomic E-state index is 12.4. The summed E-state index contributed by atoms with van der Waals surface area (Å²) in [6.45, 7) is 2.10. The molecule has 0 fully saturated rings. The number of hydrogen-bond donors (Lipinski definition) is 3. The Bertz CT molecular complexity index is 1070. The Morgan fingerprint density at radius 3 is 2.53 bits per heavy atom. The molecule has 3 aromatic rings. The molecule has 0 saturated carbocycles. The Morgan fingerprint density at radius 2 is 1.87 bits per heavy atom. The minimum Gasteiger partial charge on any atom is -0.484 e. The van der Waals surface area contributed by atoms with E-state index in [-0.39, 0.29) is 17.4 Å². The van der Waals surface area contributed by atoms with Crippen LogP contribution in [0.3, 0.4) is 0 Å². The van der Waals surface area contributed by atoms with Crippen LogP contribution in [0.5, 0.6) is 5.75 Å². The van der Waals surface area contributed by atoms with Gasteiger partial charge in [0.15, 0.2) is 6.61 Å². The van der Waals surface area contributed by atoms with Crippen molar-refractivity contribution in [3.63, 3.8) is 0 Å². The molecule has 0 atom stereocenters. The zero-order valence-corrected chi connectivity index (χ0v) is 17.8. The number of carbonyl (C=O) groups is 1. The number of aromatic nitrogens is 3. The average molecular weight is 448 g/mol. The maximum atomic E-state index is 12.4. The van der Waals surface area contributed by atoms with Gasteiger partial charge in [0.1, 0.15) is 11.6 Å². The number of aromatic amines is 1. The van der Waals surface area contributed by atoms with Crippen molar-refractivity contribution in [1.29, 1.82) is 0 Å². The number of para-hydroxylation sites is 1. The number of anilines is 1. The van der Waals surface area contributed by atoms with Crippen molar-refractivity contribution < 1.29 is 17.9 Å². The van der Waals surface area contributed by atoms with Crippen molar-refractivity contribution in [2.24, 2.45) is 0 Å². The van der Waals surface area contributed by atoms with Crippen LogP contribution in [-0.2, 0) is 14.8 Å². The lowest BCUT2D eigenvalue weighted by Gasteiger charge is -2.10. The first-order valence-corrected chi connectivity index (χ1v) is 11.5. The summed E-state index contributed by atoms with van der Waals surface area (Å²) in [6, 6.07) is 14.5. The van der Waals surface area contributed by atoms with Gasteiger partial charge in [-0.25, -0.2) is 13.4 Å². The summed E-state index contributed by atoms with van der Waals surface area (Å²) in [5.41, 5.74) is 0.478. The predicted molar refractivity (Wildman–Crippen MR) is 114 cm³/mol. The first-order valence-electron chi connectivity index (χ1n) is 9.01. The number of H-pyrrole nitrogens is 1. The number of benzene rings is 2. The van der Waals surface area contributed by atoms with Crippen molar-refractivity contribution >= 4 is 33.4 Å². The largest absolute Gasteiger partial charge is 0.484 e. The van der Waals surface area contributed by atoms with E-state index >= 15 is 0 Å². The molecule has 0 aliphatic rings. The van der Waals surface area contributed by atoms with Crippen LogP contribution in [0.4, 0.5) is 5.69 Å². The van der Waals surface area contributed by atoms with Gasteiger partial charge in [0.2, 0.25) is 5.16 Å². The second-order valence-electron chi connectivity index (χ2n) is 6.13. The molecule has 2 aromatic carbocycles. The van der Waals surface area contributed by atoms with Gasteiger partial charge in [-0.05, 0) is 43.3 Å². The number of amides is 1. The van der Waals surface area contributed by atoms with Crippen molar-refractivity contribution in [3.8, 4) is 5.75 Å². The summed E-state index contributed by atoms with van der Waals surface area (Å²) in [6.07, 6.45) is 0. The van der Waals surface area contributed by atoms with E-state index in [4.69, 9.17) is 4.74 Å². The molecule has 0 saturated heterocycles. The average Bonchev–Trinajstić information content (AvgIpc) is 3.15. The highest BCUT2D eigenvalue weighted by Crippen LogP contribution is 2.19. The molecule has 0 radical (unpaired) electrons. The van der Waals surface area contributed by atoms with Crippen LogP contribution in [0.1, 0.15) is 5.82 Å². The molecule has 1 amide bonds. The third-order valence-corrected chi connectivity index (χ3v) is 6.01. The smallest absolute Gasteiger partial charge is 0.261 e. The first kappa shape index (κ1) is 21.7. The fourth-order valence-electron chi connectivity index (χ4n) is 2.35. The Hall–Kier alpha value is -3.05. The van der Waals surface area contributed by atoms with Gasteiger partial charge >= 0.3 is 0 Å². The molecule has 158 valence electrons. The number of nitrogens with zero attached hydrogens (tertiary/aromatic N) is 2. The van der Waals surface area contributed by atoms with Crippen molar-refractivity contribution in [3.05, 3.63) is 60.4 Å². The highest BCUT2D eigenvalue weighted by molar-refractivity contribution is 7.99. The molecule has 1 aromatic heterocycles. The molecular formula is C19H21N5O4S2. The van der Waals surface area contributed by atoms with E-state index in [9.17, 15) is 13.2 Å². The molecule has 0 spiro atoms. The molecule has 9 nitrogen and oxygen atoms in total. The molecule has 30 heavy (non-hydrogen) atoms. The van der Waals surface area contributed by atoms with Crippen LogP contribution in [-0.4, -0.2) is 48.4 Å². The third-order valence-electron chi connectivity index (χ3n) is 3.76. The Balaban J connectivity index is 1.42. The molecule has 3 rings (SSSR count). The molecule has 11 heteroatoms. The van der Waals surface area contributed by atoms with E-state index in [0.29, 0.717) is 28.9 Å². The first-order chi connectivity index (χ1) is 14.4. The van der Waals surface area contributed by atoms with E-state index in [0.717, 1.165) is 5.82 Å². The number of thioether (sulfide) groups is 1. The van der Waals surface area contributed by atoms with Crippen molar-refractivity contribution in [2.75, 3.05) is 23.6 Å². The van der Waals surface area contributed by atoms with Gasteiger partial charge in [-0.3, -0.25) is 14.6 Å². The third kappa shape index (κ3) is 6.49. The number of sulfonamides is 1. The number of rotatable bonds is 10. The van der Waals surface area contributed by atoms with E-state index in [2.05, 4.69) is 25.2 Å². The summed E-state index contributed by atoms with van der Waals surface area (Å²) < 4.78 is 32.7. The van der Waals surface area contributed by atoms with E-state index in [1.54, 1.807) is 30.3 Å². The van der Waals surface area contributed by atoms with Crippen LogP contribution in [0.15, 0.2) is 64.6 Å². The molecule has 0 aliphatic carbocycles. The number of aryl methyl sites for hydroxylation is 1. The quantitative estimate of drug-likeness (QED) is 0.321. The Kier molecular flexibility index (Phi) is 7.31. The van der Waals surface area contributed by atoms with Gasteiger partial charge < -0.3 is 10.1 Å². The summed E-state index contributed by atoms with van der Waals surface area (Å²) in [5, 5.41) is 10.1. The zero-order valence-electron chi connectivity index (χ0n) is 16.2. The lowest BCUT2D eigenvalue weighted by Crippen LogP contribution is -2.30. The number of hydrogen-bond acceptors (Lipinski definition) is 7. The van der Waals surface area contributed by atoms with Gasteiger partial charge in [-0.1, -0.05) is 30.0 Å². The van der Waals surface area contributed by atoms with Crippen LogP contribution < -0.4 is 14.8 Å². The monoisotopic (exact) mass is 447 g/mol. The van der Waals surface area contributed by atoms with Gasteiger partial charge in [0, 0.05) is 18.0 Å². The van der Waals surface area contributed by atoms with E-state index in [1.807, 2.05) is 6.92 Å². The highest BCUT2D eigenvalue weighted by Gasteiger charge is 2.14. The summed E-state index contributed by atoms with van der Waals surface area (Å²) >= 11 is 1.43. The second kappa shape index (κ2) is 10.1. The topological polar surface area (TPSA) is 126 Å². The number of nitrogens with one attached hydrogen (secondary N) is 3. The standard InChI is InChI=1S/C19H21N5O4S2/c1-14-21-19(23-22-14)29-12-11-20-18(25)13-28-16-7-9-17(10-8-16)30(26,27)24-15-5-3-2-4-6-15/h2-10,24H,11-13H2,1H3,(H,20,25)(H,21,22,23). The summed E-state index contributed by atoms with van der Waals surface area (Å²) in [7, 11) is -3.70. The molecule has 0 unspecified atom stereocenters. The minimum absolute atomic E-state index is 0.0994. The molecule has 3 N–H and O–H groups in total. The second-order valence-corrected chi connectivity index (χ2v) is 8.88. The maximum Gasteiger partial charge on any atom is 0.261 e. The van der Waals surface area contributed by atoms with E-state index in [1.165, 1.54) is 36.0 Å². The molecule has 0 aliphatic heterocycles. The van der Waals surface area contributed by atoms with Crippen LogP contribution in [0.25, 0.3) is 0 Å². The van der Waals surface area contributed by atoms with Gasteiger partial charge in [0.05, 0.1) is 4.90 Å². The van der Waals surface area contributed by atoms with Crippen molar-refractivity contribution in [1.82, 2.24) is 20.5 Å². The van der Waals surface area contributed by atoms with Gasteiger partial charge in [0.25, 0.3) is 15.9 Å². The van der Waals surface area contributed by atoms with Gasteiger partial charge in [-0.2, -0.15) is 0 Å². The van der Waals surface area contributed by atoms with E-state index < -0.39 is 10.0 Å². The van der Waals surface area contributed by atoms with Crippen LogP contribution in [0, 0.1) is 6.92 Å². The number of carbonyl (C=O) groups excluding carboxylic acids is 1. The summed E-state index contributed by atoms with van der Waals surface area (Å²) in [5.74, 6) is 1.49. The molecule has 0 bridgehead atoms. The Morgan fingerprint density at radius 1 is 1.13 bits per heavy atom. The lowest BCUT2D eigenvalue weighted by molar-refractivity contribution is -0.122. The molecular weight excluding hydrogens is 426 g/mol. The van der Waals surface area contributed by atoms with Crippen LogP contribution >= 0.6 is 11.8 Å². The normalized spacial score (nSPS) is 11.1. The molecule has 1 heterocycles. The minimum atomic E-state index is -3.70. The van der Waals surface area contributed by atoms with Crippen LogP contribution in [0.2, 0.25) is 0 Å². The highest BCUT2D eigenvalue weighted by atomic mass is 32.2. The Labute approximate surface area is 178 Å². The fraction of sp³-hybridized carbons (Fsp3) is 0.211. The predicted octanol–water partition coefficient (Wildman–Crippen LogP) is 2.20. The lowest BCUT2D eigenvalue weighted by atomic mass is 10.3. The zero-order chi connectivity index (χ0) is 21.4. The SMILES string of the molecule is Cc1nc(SCCNC(=O)COc2ccc(S(=O)(=O)Nc3ccccc3)cc2)n[nH]1. The summed E-state index contributed by atoms with van der Waals surface area (Å²) in [4.78, 5) is 16.1. The van der Waals surface area contributed by atoms with Gasteiger partial charge in [-0.15, -0.1) is 5.10 Å². The number of ether oxygens (including phenoxy) is 1.